The Balaban J connectivity index is 1.84. The number of amides is 1. The van der Waals surface area contributed by atoms with Crippen molar-refractivity contribution >= 4 is 40.4 Å². The highest BCUT2D eigenvalue weighted by molar-refractivity contribution is 6.35. The third-order valence-electron chi connectivity index (χ3n) is 5.51. The largest absolute Gasteiger partial charge is 0.417 e. The number of carbonyl (C=O) groups excluding carboxylic acids is 1. The molecular weight excluding hydrogens is 476 g/mol. The molecular formula is C24H23Cl2F3N2O2. The van der Waals surface area contributed by atoms with Crippen molar-refractivity contribution < 1.29 is 22.7 Å². The molecule has 1 amide bonds. The Morgan fingerprint density at radius 3 is 2.48 bits per heavy atom. The maximum absolute atomic E-state index is 13.8. The number of nitrogens with one attached hydrogen (secondary N) is 2. The van der Waals surface area contributed by atoms with Gasteiger partial charge in [0.05, 0.1) is 29.9 Å². The van der Waals surface area contributed by atoms with E-state index in [-0.39, 0.29) is 45.8 Å². The van der Waals surface area contributed by atoms with E-state index in [1.54, 1.807) is 32.2 Å². The van der Waals surface area contributed by atoms with Crippen LogP contribution in [0.3, 0.4) is 0 Å². The van der Waals surface area contributed by atoms with E-state index in [1.165, 1.54) is 18.2 Å². The zero-order valence-corrected chi connectivity index (χ0v) is 19.5. The van der Waals surface area contributed by atoms with Crippen molar-refractivity contribution in [2.24, 2.45) is 0 Å². The predicted octanol–water partition coefficient (Wildman–Crippen LogP) is 6.54. The average Bonchev–Trinajstić information content (AvgIpc) is 3.11. The van der Waals surface area contributed by atoms with E-state index in [9.17, 15) is 18.0 Å². The molecule has 0 saturated heterocycles. The highest BCUT2D eigenvalue weighted by atomic mass is 35.5. The number of aryl methyl sites for hydroxylation is 1. The molecule has 2 unspecified atom stereocenters. The monoisotopic (exact) mass is 498 g/mol. The minimum absolute atomic E-state index is 0.0738. The van der Waals surface area contributed by atoms with E-state index < -0.39 is 11.7 Å². The second-order valence-corrected chi connectivity index (χ2v) is 8.82. The minimum Gasteiger partial charge on any atom is -0.381 e. The van der Waals surface area contributed by atoms with Crippen LogP contribution in [-0.2, 0) is 16.0 Å². The molecule has 2 atom stereocenters. The van der Waals surface area contributed by atoms with Gasteiger partial charge in [0.15, 0.2) is 0 Å². The van der Waals surface area contributed by atoms with Gasteiger partial charge in [-0.2, -0.15) is 13.2 Å². The van der Waals surface area contributed by atoms with Crippen molar-refractivity contribution in [1.82, 2.24) is 5.32 Å². The van der Waals surface area contributed by atoms with E-state index in [0.717, 1.165) is 17.2 Å². The Bertz CT molecular complexity index is 1080. The zero-order chi connectivity index (χ0) is 24.3. The fraction of sp³-hybridized carbons (Fsp3) is 0.333. The van der Waals surface area contributed by atoms with Gasteiger partial charge < -0.3 is 15.5 Å². The molecule has 2 aromatic carbocycles. The van der Waals surface area contributed by atoms with Gasteiger partial charge in [-0.1, -0.05) is 35.3 Å². The Kier molecular flexibility index (Phi) is 7.88. The third kappa shape index (κ3) is 6.37. The first-order chi connectivity index (χ1) is 15.5. The third-order valence-corrected chi connectivity index (χ3v) is 5.95. The van der Waals surface area contributed by atoms with Gasteiger partial charge in [-0.15, -0.1) is 0 Å². The summed E-state index contributed by atoms with van der Waals surface area (Å²) in [5, 5.41) is 11.4. The summed E-state index contributed by atoms with van der Waals surface area (Å²) in [5.74, 6) is -0.128. The summed E-state index contributed by atoms with van der Waals surface area (Å²) in [7, 11) is 1.54. The molecule has 0 fully saturated rings. The van der Waals surface area contributed by atoms with Crippen LogP contribution in [0.25, 0.3) is 5.57 Å². The van der Waals surface area contributed by atoms with Gasteiger partial charge in [0, 0.05) is 17.2 Å². The summed E-state index contributed by atoms with van der Waals surface area (Å²) >= 11 is 11.8. The number of fused-ring (bicyclic) bond motifs is 1. The second-order valence-electron chi connectivity index (χ2n) is 7.95. The van der Waals surface area contributed by atoms with E-state index >= 15 is 0 Å². The molecule has 0 saturated carbocycles. The van der Waals surface area contributed by atoms with Gasteiger partial charge in [-0.3, -0.25) is 4.79 Å². The molecule has 0 spiro atoms. The molecule has 3 rings (SSSR count). The smallest absolute Gasteiger partial charge is 0.381 e. The molecule has 0 aliphatic heterocycles. The lowest BCUT2D eigenvalue weighted by atomic mass is 9.98. The van der Waals surface area contributed by atoms with Gasteiger partial charge in [0.2, 0.25) is 5.91 Å². The lowest BCUT2D eigenvalue weighted by Crippen LogP contribution is -2.30. The number of ether oxygens (including phenoxy) is 1. The SMILES string of the molecule is COC(C)CC(=O)NC1CCc2cc(C(=N)/C=C(/c3cc(Cl)cc(Cl)c3)C(F)(F)F)ccc21. The zero-order valence-electron chi connectivity index (χ0n) is 18.0. The van der Waals surface area contributed by atoms with E-state index in [0.29, 0.717) is 18.4 Å². The van der Waals surface area contributed by atoms with Crippen molar-refractivity contribution in [2.45, 2.75) is 44.5 Å². The van der Waals surface area contributed by atoms with Crippen LogP contribution < -0.4 is 5.32 Å². The molecule has 0 aromatic heterocycles. The van der Waals surface area contributed by atoms with Crippen molar-refractivity contribution in [3.8, 4) is 0 Å². The lowest BCUT2D eigenvalue weighted by molar-refractivity contribution is -0.124. The Hall–Kier alpha value is -2.35. The number of allylic oxidation sites excluding steroid dienone is 2. The number of carbonyl (C=O) groups is 1. The van der Waals surface area contributed by atoms with Gasteiger partial charge in [-0.25, -0.2) is 0 Å². The summed E-state index contributed by atoms with van der Waals surface area (Å²) in [6.45, 7) is 1.81. The number of halogens is 5. The van der Waals surface area contributed by atoms with Crippen LogP contribution in [0.1, 0.15) is 48.1 Å². The minimum atomic E-state index is -4.70. The fourth-order valence-electron chi connectivity index (χ4n) is 3.80. The quantitative estimate of drug-likeness (QED) is 0.426. The number of rotatable bonds is 7. The fourth-order valence-corrected chi connectivity index (χ4v) is 4.32. The maximum atomic E-state index is 13.8. The van der Waals surface area contributed by atoms with Crippen molar-refractivity contribution in [2.75, 3.05) is 7.11 Å². The maximum Gasteiger partial charge on any atom is 0.417 e. The molecule has 2 N–H and O–H groups in total. The molecule has 1 aliphatic carbocycles. The van der Waals surface area contributed by atoms with Crippen LogP contribution in [0.4, 0.5) is 13.2 Å². The molecule has 1 aliphatic rings. The van der Waals surface area contributed by atoms with E-state index in [2.05, 4.69) is 5.32 Å². The van der Waals surface area contributed by atoms with Crippen molar-refractivity contribution in [3.05, 3.63) is 74.8 Å². The highest BCUT2D eigenvalue weighted by Gasteiger charge is 2.35. The first-order valence-corrected chi connectivity index (χ1v) is 11.0. The number of benzene rings is 2. The number of hydrogen-bond donors (Lipinski definition) is 2. The molecule has 0 bridgehead atoms. The van der Waals surface area contributed by atoms with Crippen molar-refractivity contribution in [1.29, 1.82) is 5.41 Å². The van der Waals surface area contributed by atoms with Crippen LogP contribution in [0.2, 0.25) is 10.0 Å². The molecule has 176 valence electrons. The Labute approximate surface area is 200 Å². The topological polar surface area (TPSA) is 62.2 Å². The van der Waals surface area contributed by atoms with Crippen LogP contribution in [0.15, 0.2) is 42.5 Å². The molecule has 0 heterocycles. The normalized spacial score (nSPS) is 16.9. The summed E-state index contributed by atoms with van der Waals surface area (Å²) in [4.78, 5) is 12.2. The molecule has 2 aromatic rings. The Morgan fingerprint density at radius 1 is 1.21 bits per heavy atom. The van der Waals surface area contributed by atoms with Crippen molar-refractivity contribution in [3.63, 3.8) is 0 Å². The summed E-state index contributed by atoms with van der Waals surface area (Å²) in [6.07, 6.45) is -2.54. The van der Waals surface area contributed by atoms with Crippen LogP contribution in [0, 0.1) is 5.41 Å². The number of hydrogen-bond acceptors (Lipinski definition) is 3. The predicted molar refractivity (Wildman–Crippen MR) is 124 cm³/mol. The second kappa shape index (κ2) is 10.3. The molecule has 33 heavy (non-hydrogen) atoms. The van der Waals surface area contributed by atoms with E-state index in [4.69, 9.17) is 33.3 Å². The summed E-state index contributed by atoms with van der Waals surface area (Å²) in [5.41, 5.74) is 0.654. The molecule has 0 radical (unpaired) electrons. The van der Waals surface area contributed by atoms with Gasteiger partial charge in [-0.05, 0) is 72.4 Å². The van der Waals surface area contributed by atoms with Gasteiger partial charge in [0.25, 0.3) is 0 Å². The van der Waals surface area contributed by atoms with Crippen LogP contribution in [-0.4, -0.2) is 31.0 Å². The standard InChI is InChI=1S/C24H23Cl2F3N2O2/c1-13(33-2)7-23(32)31-22-6-4-14-8-15(3-5-19(14)22)21(30)12-20(24(27,28)29)16-9-17(25)11-18(26)10-16/h3,5,8-13,22,30H,4,6-7H2,1-2H3,(H,31,32)/b20-12-,30-21?. The lowest BCUT2D eigenvalue weighted by Gasteiger charge is -2.16. The first kappa shape index (κ1) is 25.3. The van der Waals surface area contributed by atoms with E-state index in [1.807, 2.05) is 0 Å². The average molecular weight is 499 g/mol. The first-order valence-electron chi connectivity index (χ1n) is 10.3. The van der Waals surface area contributed by atoms with Crippen LogP contribution >= 0.6 is 23.2 Å². The number of alkyl halides is 3. The highest BCUT2D eigenvalue weighted by Crippen LogP contribution is 2.37. The molecule has 9 heteroatoms. The number of methoxy groups -OCH3 is 1. The van der Waals surface area contributed by atoms with Crippen LogP contribution in [0.5, 0.6) is 0 Å². The van der Waals surface area contributed by atoms with Gasteiger partial charge >= 0.3 is 6.18 Å². The molecule has 4 nitrogen and oxygen atoms in total. The van der Waals surface area contributed by atoms with Gasteiger partial charge in [0.1, 0.15) is 0 Å². The summed E-state index contributed by atoms with van der Waals surface area (Å²) < 4.78 is 46.4. The summed E-state index contributed by atoms with van der Waals surface area (Å²) in [6, 6.07) is 8.57. The Morgan fingerprint density at radius 2 is 1.88 bits per heavy atom.